The number of carbonyl (C=O) groups is 2. The van der Waals surface area contributed by atoms with Crippen LogP contribution in [0.3, 0.4) is 0 Å². The zero-order valence-electron chi connectivity index (χ0n) is 21.8. The number of carbonyl (C=O) groups excluding carboxylic acids is 2. The first-order valence-corrected chi connectivity index (χ1v) is 12.1. The molecule has 2 aromatic carbocycles. The van der Waals surface area contributed by atoms with Gasteiger partial charge >= 0.3 is 6.18 Å². The van der Waals surface area contributed by atoms with Crippen molar-refractivity contribution >= 4 is 28.4 Å². The number of ether oxygens (including phenoxy) is 2. The lowest BCUT2D eigenvalue weighted by molar-refractivity contribution is -0.141. The van der Waals surface area contributed by atoms with Crippen molar-refractivity contribution in [2.75, 3.05) is 25.6 Å². The van der Waals surface area contributed by atoms with Gasteiger partial charge in [0.05, 0.1) is 32.0 Å². The Bertz CT molecular complexity index is 1550. The Morgan fingerprint density at radius 2 is 1.82 bits per heavy atom. The van der Waals surface area contributed by atoms with Crippen molar-refractivity contribution in [2.24, 2.45) is 5.73 Å². The predicted molar refractivity (Wildman–Crippen MR) is 140 cm³/mol. The van der Waals surface area contributed by atoms with Crippen molar-refractivity contribution in [1.82, 2.24) is 15.3 Å². The van der Waals surface area contributed by atoms with E-state index in [9.17, 15) is 22.8 Å². The van der Waals surface area contributed by atoms with Gasteiger partial charge in [-0.15, -0.1) is 0 Å². The molecule has 0 aliphatic rings. The Morgan fingerprint density at radius 1 is 1.07 bits per heavy atom. The van der Waals surface area contributed by atoms with Gasteiger partial charge in [-0.25, -0.2) is 9.97 Å². The molecule has 0 saturated carbocycles. The Morgan fingerprint density at radius 3 is 2.50 bits per heavy atom. The highest BCUT2D eigenvalue weighted by Crippen LogP contribution is 2.37. The molecule has 2 amide bonds. The Kier molecular flexibility index (Phi) is 8.24. The number of pyridine rings is 1. The van der Waals surface area contributed by atoms with Gasteiger partial charge in [0.25, 0.3) is 5.91 Å². The number of hydrogen-bond acceptors (Lipinski definition) is 8. The zero-order valence-corrected chi connectivity index (χ0v) is 21.8. The molecule has 10 nitrogen and oxygen atoms in total. The summed E-state index contributed by atoms with van der Waals surface area (Å²) in [5.74, 6) is -0.697. The molecule has 0 radical (unpaired) electrons. The number of nitrogens with zero attached hydrogens (tertiary/aromatic N) is 2. The molecule has 40 heavy (non-hydrogen) atoms. The van der Waals surface area contributed by atoms with Gasteiger partial charge in [0.2, 0.25) is 11.8 Å². The SMILES string of the molecule is CCOc1ccccc1NC(=O)CNC(=O)c1nc(-c2ccc(OC)c3nc(C(F)(F)F)ccc23)oc1[C@H](C)N. The third-order valence-electron chi connectivity index (χ3n) is 5.71. The van der Waals surface area contributed by atoms with Gasteiger partial charge in [-0.3, -0.25) is 9.59 Å². The summed E-state index contributed by atoms with van der Waals surface area (Å²) in [4.78, 5) is 33.5. The van der Waals surface area contributed by atoms with Crippen molar-refractivity contribution < 1.29 is 36.7 Å². The van der Waals surface area contributed by atoms with Gasteiger partial charge in [-0.1, -0.05) is 12.1 Å². The summed E-state index contributed by atoms with van der Waals surface area (Å²) in [6.45, 7) is 3.39. The van der Waals surface area contributed by atoms with Crippen LogP contribution >= 0.6 is 0 Å². The number of benzene rings is 2. The minimum atomic E-state index is -4.66. The van der Waals surface area contributed by atoms with Crippen molar-refractivity contribution in [1.29, 1.82) is 0 Å². The molecule has 210 valence electrons. The van der Waals surface area contributed by atoms with Crippen LogP contribution in [0.2, 0.25) is 0 Å². The van der Waals surface area contributed by atoms with Crippen LogP contribution in [0.4, 0.5) is 18.9 Å². The second kappa shape index (κ2) is 11.6. The van der Waals surface area contributed by atoms with Gasteiger partial charge < -0.3 is 30.3 Å². The van der Waals surface area contributed by atoms with E-state index < -0.39 is 36.3 Å². The number of fused-ring (bicyclic) bond motifs is 1. The van der Waals surface area contributed by atoms with Crippen LogP contribution in [0.5, 0.6) is 11.5 Å². The number of methoxy groups -OCH3 is 1. The third-order valence-corrected chi connectivity index (χ3v) is 5.71. The van der Waals surface area contributed by atoms with E-state index in [4.69, 9.17) is 19.6 Å². The van der Waals surface area contributed by atoms with Crippen LogP contribution in [0.15, 0.2) is 52.9 Å². The zero-order chi connectivity index (χ0) is 29.0. The number of oxazole rings is 1. The molecule has 0 spiro atoms. The molecule has 4 aromatic rings. The molecule has 13 heteroatoms. The van der Waals surface area contributed by atoms with Crippen molar-refractivity contribution in [3.63, 3.8) is 0 Å². The van der Waals surface area contributed by atoms with Gasteiger partial charge in [-0.2, -0.15) is 13.2 Å². The minimum Gasteiger partial charge on any atom is -0.494 e. The van der Waals surface area contributed by atoms with Crippen LogP contribution in [0, 0.1) is 0 Å². The molecule has 0 aliphatic heterocycles. The quantitative estimate of drug-likeness (QED) is 0.269. The number of anilines is 1. The molecule has 0 unspecified atom stereocenters. The Balaban J connectivity index is 1.61. The standard InChI is InChI=1S/C27H26F3N5O5/c1-4-39-18-8-6-5-7-17(18)33-21(36)13-32-25(37)23-24(14(2)31)40-26(35-23)16-9-11-19(38-3)22-15(16)10-12-20(34-22)27(28,29)30/h5-12,14H,4,13,31H2,1-3H3,(H,32,37)(H,33,36)/t14-/m0/s1. The molecule has 2 heterocycles. The van der Waals surface area contributed by atoms with E-state index in [1.54, 1.807) is 31.2 Å². The average Bonchev–Trinajstić information content (AvgIpc) is 3.37. The minimum absolute atomic E-state index is 0.0263. The van der Waals surface area contributed by atoms with Crippen LogP contribution < -0.4 is 25.8 Å². The number of rotatable bonds is 9. The summed E-state index contributed by atoms with van der Waals surface area (Å²) in [5, 5.41) is 5.41. The van der Waals surface area contributed by atoms with Crippen LogP contribution in [-0.4, -0.2) is 42.0 Å². The van der Waals surface area contributed by atoms with E-state index in [1.165, 1.54) is 25.3 Å². The smallest absolute Gasteiger partial charge is 0.433 e. The first kappa shape index (κ1) is 28.4. The lowest BCUT2D eigenvalue weighted by Gasteiger charge is -2.11. The topological polar surface area (TPSA) is 142 Å². The second-order valence-corrected chi connectivity index (χ2v) is 8.59. The first-order valence-electron chi connectivity index (χ1n) is 12.1. The summed E-state index contributed by atoms with van der Waals surface area (Å²) < 4.78 is 56.3. The lowest BCUT2D eigenvalue weighted by atomic mass is 10.1. The highest BCUT2D eigenvalue weighted by atomic mass is 19.4. The maximum atomic E-state index is 13.3. The van der Waals surface area contributed by atoms with Gasteiger partial charge in [0.1, 0.15) is 22.7 Å². The van der Waals surface area contributed by atoms with Gasteiger partial charge in [-0.05, 0) is 50.2 Å². The fraction of sp³-hybridized carbons (Fsp3) is 0.259. The van der Waals surface area contributed by atoms with Crippen molar-refractivity contribution in [3.8, 4) is 23.0 Å². The molecule has 4 rings (SSSR count). The van der Waals surface area contributed by atoms with Gasteiger partial charge in [0.15, 0.2) is 11.5 Å². The summed E-state index contributed by atoms with van der Waals surface area (Å²) >= 11 is 0. The van der Waals surface area contributed by atoms with E-state index in [-0.39, 0.29) is 39.6 Å². The number of aromatic nitrogens is 2. The van der Waals surface area contributed by atoms with Crippen LogP contribution in [0.1, 0.15) is 41.8 Å². The van der Waals surface area contributed by atoms with E-state index in [0.29, 0.717) is 18.0 Å². The van der Waals surface area contributed by atoms with E-state index >= 15 is 0 Å². The van der Waals surface area contributed by atoms with Crippen LogP contribution in [0.25, 0.3) is 22.4 Å². The fourth-order valence-corrected chi connectivity index (χ4v) is 3.91. The number of para-hydroxylation sites is 2. The number of alkyl halides is 3. The maximum Gasteiger partial charge on any atom is 0.433 e. The second-order valence-electron chi connectivity index (χ2n) is 8.59. The average molecular weight is 558 g/mol. The molecule has 2 aromatic heterocycles. The molecular weight excluding hydrogens is 531 g/mol. The lowest BCUT2D eigenvalue weighted by Crippen LogP contribution is -2.34. The Labute approximate surface area is 226 Å². The first-order chi connectivity index (χ1) is 19.0. The van der Waals surface area contributed by atoms with Crippen LogP contribution in [-0.2, 0) is 11.0 Å². The van der Waals surface area contributed by atoms with Gasteiger partial charge in [0, 0.05) is 10.9 Å². The van der Waals surface area contributed by atoms with E-state index in [0.717, 1.165) is 6.07 Å². The molecule has 0 aliphatic carbocycles. The third kappa shape index (κ3) is 5.99. The normalized spacial score (nSPS) is 12.2. The fourth-order valence-electron chi connectivity index (χ4n) is 3.91. The van der Waals surface area contributed by atoms with Crippen molar-refractivity contribution in [2.45, 2.75) is 26.1 Å². The summed E-state index contributed by atoms with van der Waals surface area (Å²) in [6.07, 6.45) is -4.66. The number of amides is 2. The maximum absolute atomic E-state index is 13.3. The highest BCUT2D eigenvalue weighted by Gasteiger charge is 2.33. The van der Waals surface area contributed by atoms with Crippen molar-refractivity contribution in [3.05, 3.63) is 65.7 Å². The Hall–Kier alpha value is -4.65. The summed E-state index contributed by atoms with van der Waals surface area (Å²) in [7, 11) is 1.31. The number of nitrogens with two attached hydrogens (primary N) is 1. The van der Waals surface area contributed by atoms with E-state index in [1.807, 2.05) is 6.92 Å². The monoisotopic (exact) mass is 557 g/mol. The molecule has 0 saturated heterocycles. The molecule has 0 fully saturated rings. The molecule has 0 bridgehead atoms. The summed E-state index contributed by atoms with van der Waals surface area (Å²) in [5.41, 5.74) is 5.39. The number of halogens is 3. The highest BCUT2D eigenvalue weighted by molar-refractivity contribution is 6.01. The molecule has 4 N–H and O–H groups in total. The number of hydrogen-bond donors (Lipinski definition) is 3. The van der Waals surface area contributed by atoms with E-state index in [2.05, 4.69) is 20.6 Å². The molecular formula is C27H26F3N5O5. The summed E-state index contributed by atoms with van der Waals surface area (Å²) in [6, 6.07) is 11.1. The predicted octanol–water partition coefficient (Wildman–Crippen LogP) is 4.70. The largest absolute Gasteiger partial charge is 0.494 e. The number of nitrogens with one attached hydrogen (secondary N) is 2. The molecule has 1 atom stereocenters.